The molecule has 0 atom stereocenters. The summed E-state index contributed by atoms with van der Waals surface area (Å²) in [6.45, 7) is 0.893. The van der Waals surface area contributed by atoms with Crippen molar-refractivity contribution >= 4 is 17.6 Å². The van der Waals surface area contributed by atoms with E-state index in [0.717, 1.165) is 12.2 Å². The number of rotatable bonds is 8. The van der Waals surface area contributed by atoms with Gasteiger partial charge in [0.05, 0.1) is 21.3 Å². The smallest absolute Gasteiger partial charge is 0.243 e. The number of carbonyl (C=O) groups excluding carboxylic acids is 1. The zero-order chi connectivity index (χ0) is 21.2. The molecule has 162 valence electrons. The molecule has 0 spiro atoms. The molecular weight excluding hydrogens is 372 g/mol. The van der Waals surface area contributed by atoms with E-state index in [4.69, 9.17) is 14.2 Å². The van der Waals surface area contributed by atoms with Crippen LogP contribution in [0, 0.1) is 5.92 Å². The van der Waals surface area contributed by atoms with Gasteiger partial charge in [-0.15, -0.1) is 0 Å². The maximum absolute atomic E-state index is 12.0. The minimum Gasteiger partial charge on any atom is -0.493 e. The Kier molecular flexibility index (Phi) is 8.89. The quantitative estimate of drug-likeness (QED) is 0.510. The summed E-state index contributed by atoms with van der Waals surface area (Å²) in [4.78, 5) is 18.0. The third-order valence-corrected chi connectivity index (χ3v) is 5.08. The first-order valence-electron chi connectivity index (χ1n) is 10.0. The monoisotopic (exact) mass is 406 g/mol. The van der Waals surface area contributed by atoms with E-state index >= 15 is 0 Å². The zero-order valence-corrected chi connectivity index (χ0v) is 18.2. The molecule has 29 heavy (non-hydrogen) atoms. The van der Waals surface area contributed by atoms with Crippen LogP contribution < -0.4 is 24.8 Å². The van der Waals surface area contributed by atoms with Gasteiger partial charge < -0.3 is 29.7 Å². The van der Waals surface area contributed by atoms with Crippen LogP contribution in [-0.2, 0) is 4.79 Å². The second-order valence-corrected chi connectivity index (χ2v) is 7.38. The SMILES string of the molecule is COc1cc(NC(=NCC(=O)N(C)C)NCC2CCCCC2)cc(OC)c1OC. The van der Waals surface area contributed by atoms with E-state index in [1.807, 2.05) is 12.1 Å². The number of anilines is 1. The van der Waals surface area contributed by atoms with E-state index in [-0.39, 0.29) is 12.5 Å². The number of amides is 1. The topological polar surface area (TPSA) is 84.4 Å². The van der Waals surface area contributed by atoms with E-state index in [9.17, 15) is 4.79 Å². The molecule has 0 radical (unpaired) electrons. The summed E-state index contributed by atoms with van der Waals surface area (Å²) in [6.07, 6.45) is 6.32. The van der Waals surface area contributed by atoms with Crippen molar-refractivity contribution in [2.75, 3.05) is 53.8 Å². The van der Waals surface area contributed by atoms with Crippen molar-refractivity contribution in [1.82, 2.24) is 10.2 Å². The molecule has 1 amide bonds. The highest BCUT2D eigenvalue weighted by Crippen LogP contribution is 2.39. The summed E-state index contributed by atoms with van der Waals surface area (Å²) < 4.78 is 16.2. The largest absolute Gasteiger partial charge is 0.493 e. The summed E-state index contributed by atoms with van der Waals surface area (Å²) in [5.74, 6) is 2.74. The van der Waals surface area contributed by atoms with Gasteiger partial charge in [0.2, 0.25) is 11.7 Å². The van der Waals surface area contributed by atoms with Gasteiger partial charge in [0, 0.05) is 38.5 Å². The Bertz CT molecular complexity index is 675. The van der Waals surface area contributed by atoms with E-state index < -0.39 is 0 Å². The number of hydrogen-bond donors (Lipinski definition) is 2. The van der Waals surface area contributed by atoms with Crippen LogP contribution in [-0.4, -0.2) is 65.3 Å². The lowest BCUT2D eigenvalue weighted by Gasteiger charge is -2.23. The molecule has 1 aliphatic carbocycles. The van der Waals surface area contributed by atoms with Crippen LogP contribution in [0.2, 0.25) is 0 Å². The number of likely N-dealkylation sites (N-methyl/N-ethyl adjacent to an activating group) is 1. The molecule has 0 saturated heterocycles. The van der Waals surface area contributed by atoms with Crippen LogP contribution in [0.5, 0.6) is 17.2 Å². The number of methoxy groups -OCH3 is 3. The van der Waals surface area contributed by atoms with Gasteiger partial charge in [-0.3, -0.25) is 4.79 Å². The molecule has 2 rings (SSSR count). The van der Waals surface area contributed by atoms with Gasteiger partial charge in [-0.2, -0.15) is 0 Å². The molecule has 0 aromatic heterocycles. The average molecular weight is 407 g/mol. The summed E-state index contributed by atoms with van der Waals surface area (Å²) in [6, 6.07) is 3.62. The minimum atomic E-state index is -0.0614. The first kappa shape index (κ1) is 22.6. The van der Waals surface area contributed by atoms with Crippen molar-refractivity contribution < 1.29 is 19.0 Å². The molecule has 1 aromatic carbocycles. The maximum Gasteiger partial charge on any atom is 0.243 e. The minimum absolute atomic E-state index is 0.0614. The number of benzene rings is 1. The van der Waals surface area contributed by atoms with Gasteiger partial charge in [-0.1, -0.05) is 19.3 Å². The fraction of sp³-hybridized carbons (Fsp3) is 0.619. The summed E-state index contributed by atoms with van der Waals surface area (Å²) in [7, 11) is 8.17. The molecule has 0 aliphatic heterocycles. The van der Waals surface area contributed by atoms with Crippen LogP contribution in [0.1, 0.15) is 32.1 Å². The predicted molar refractivity (Wildman–Crippen MR) is 115 cm³/mol. The Labute approximate surface area is 173 Å². The molecule has 8 heteroatoms. The Morgan fingerprint density at radius 1 is 1.07 bits per heavy atom. The molecule has 1 saturated carbocycles. The standard InChI is InChI=1S/C21H34N4O4/c1-25(2)19(26)14-23-21(22-13-15-9-7-6-8-10-15)24-16-11-17(27-3)20(29-5)18(12-16)28-4/h11-12,15H,6-10,13-14H2,1-5H3,(H2,22,23,24). The average Bonchev–Trinajstić information content (AvgIpc) is 2.75. The summed E-state index contributed by atoms with van der Waals surface area (Å²) >= 11 is 0. The van der Waals surface area contributed by atoms with Crippen molar-refractivity contribution in [3.8, 4) is 17.2 Å². The lowest BCUT2D eigenvalue weighted by Crippen LogP contribution is -2.36. The van der Waals surface area contributed by atoms with Crippen LogP contribution in [0.3, 0.4) is 0 Å². The van der Waals surface area contributed by atoms with Gasteiger partial charge >= 0.3 is 0 Å². The van der Waals surface area contributed by atoms with Gasteiger partial charge in [-0.05, 0) is 18.8 Å². The number of nitrogens with one attached hydrogen (secondary N) is 2. The van der Waals surface area contributed by atoms with E-state index in [2.05, 4.69) is 15.6 Å². The highest BCUT2D eigenvalue weighted by Gasteiger charge is 2.16. The second kappa shape index (κ2) is 11.4. The highest BCUT2D eigenvalue weighted by molar-refractivity contribution is 5.95. The lowest BCUT2D eigenvalue weighted by molar-refractivity contribution is -0.127. The van der Waals surface area contributed by atoms with Crippen LogP contribution >= 0.6 is 0 Å². The molecule has 8 nitrogen and oxygen atoms in total. The number of aliphatic imine (C=N–C) groups is 1. The number of hydrogen-bond acceptors (Lipinski definition) is 5. The Hall–Kier alpha value is -2.64. The first-order chi connectivity index (χ1) is 14.0. The number of nitrogens with zero attached hydrogens (tertiary/aromatic N) is 2. The Morgan fingerprint density at radius 2 is 1.69 bits per heavy atom. The first-order valence-corrected chi connectivity index (χ1v) is 10.0. The van der Waals surface area contributed by atoms with Crippen molar-refractivity contribution in [1.29, 1.82) is 0 Å². The fourth-order valence-electron chi connectivity index (χ4n) is 3.35. The van der Waals surface area contributed by atoms with Gasteiger partial charge in [-0.25, -0.2) is 4.99 Å². The summed E-state index contributed by atoms with van der Waals surface area (Å²) in [5, 5.41) is 6.66. The molecule has 1 aliphatic rings. The number of ether oxygens (including phenoxy) is 3. The molecule has 0 heterocycles. The second-order valence-electron chi connectivity index (χ2n) is 7.38. The number of carbonyl (C=O) groups is 1. The normalized spacial score (nSPS) is 14.9. The van der Waals surface area contributed by atoms with Crippen molar-refractivity contribution in [2.24, 2.45) is 10.9 Å². The van der Waals surface area contributed by atoms with Crippen LogP contribution in [0.25, 0.3) is 0 Å². The molecule has 0 unspecified atom stereocenters. The van der Waals surface area contributed by atoms with Gasteiger partial charge in [0.25, 0.3) is 0 Å². The van der Waals surface area contributed by atoms with Crippen molar-refractivity contribution in [2.45, 2.75) is 32.1 Å². The fourth-order valence-corrected chi connectivity index (χ4v) is 3.35. The van der Waals surface area contributed by atoms with E-state index in [1.165, 1.54) is 37.0 Å². The van der Waals surface area contributed by atoms with Gasteiger partial charge in [0.15, 0.2) is 17.5 Å². The molecule has 1 aromatic rings. The van der Waals surface area contributed by atoms with E-state index in [0.29, 0.717) is 29.1 Å². The molecule has 1 fully saturated rings. The lowest BCUT2D eigenvalue weighted by atomic mass is 9.89. The van der Waals surface area contributed by atoms with Gasteiger partial charge in [0.1, 0.15) is 6.54 Å². The van der Waals surface area contributed by atoms with Crippen molar-refractivity contribution in [3.05, 3.63) is 12.1 Å². The van der Waals surface area contributed by atoms with Crippen LogP contribution in [0.4, 0.5) is 5.69 Å². The van der Waals surface area contributed by atoms with Crippen LogP contribution in [0.15, 0.2) is 17.1 Å². The highest BCUT2D eigenvalue weighted by atomic mass is 16.5. The Morgan fingerprint density at radius 3 is 2.21 bits per heavy atom. The number of guanidine groups is 1. The van der Waals surface area contributed by atoms with E-state index in [1.54, 1.807) is 35.4 Å². The zero-order valence-electron chi connectivity index (χ0n) is 18.2. The molecule has 2 N–H and O–H groups in total. The van der Waals surface area contributed by atoms with Crippen molar-refractivity contribution in [3.63, 3.8) is 0 Å². The Balaban J connectivity index is 2.18. The maximum atomic E-state index is 12.0. The predicted octanol–water partition coefficient (Wildman–Crippen LogP) is 2.74. The molecule has 0 bridgehead atoms. The third-order valence-electron chi connectivity index (χ3n) is 5.08. The summed E-state index contributed by atoms with van der Waals surface area (Å²) in [5.41, 5.74) is 0.728. The molecular formula is C21H34N4O4. The third kappa shape index (κ3) is 6.73.